The second-order valence-electron chi connectivity index (χ2n) is 11.4. The number of nitrogens with zero attached hydrogens (tertiary/aromatic N) is 1. The average Bonchev–Trinajstić information content (AvgIpc) is 2.97. The minimum atomic E-state index is -0.166. The van der Waals surface area contributed by atoms with E-state index in [1.54, 1.807) is 0 Å². The third-order valence-electron chi connectivity index (χ3n) is 8.18. The highest BCUT2D eigenvalue weighted by molar-refractivity contribution is 6.26. The summed E-state index contributed by atoms with van der Waals surface area (Å²) in [6, 6.07) is 9.70. The number of aliphatic hydroxyl groups excluding tert-OH is 2. The smallest absolute Gasteiger partial charge is 0.261 e. The predicted molar refractivity (Wildman–Crippen MR) is 165 cm³/mol. The van der Waals surface area contributed by atoms with Gasteiger partial charge in [-0.15, -0.1) is 0 Å². The number of imide groups is 1. The third kappa shape index (κ3) is 9.88. The van der Waals surface area contributed by atoms with E-state index in [1.807, 2.05) is 30.3 Å². The van der Waals surface area contributed by atoms with Crippen LogP contribution < -0.4 is 5.32 Å². The summed E-state index contributed by atoms with van der Waals surface area (Å²) in [4.78, 5) is 28.1. The summed E-state index contributed by atoms with van der Waals surface area (Å²) in [5.74, 6) is -0.332. The van der Waals surface area contributed by atoms with Gasteiger partial charge in [-0.25, -0.2) is 0 Å². The van der Waals surface area contributed by atoms with Crippen LogP contribution in [0.4, 0.5) is 5.69 Å². The van der Waals surface area contributed by atoms with Gasteiger partial charge in [-0.1, -0.05) is 102 Å². The molecule has 0 unspecified atom stereocenters. The van der Waals surface area contributed by atoms with Crippen molar-refractivity contribution in [1.82, 2.24) is 4.90 Å². The Morgan fingerprint density at radius 3 is 1.57 bits per heavy atom. The van der Waals surface area contributed by atoms with Crippen LogP contribution in [0.3, 0.4) is 0 Å². The van der Waals surface area contributed by atoms with E-state index in [2.05, 4.69) is 5.32 Å². The fraction of sp³-hybridized carbons (Fsp3) is 0.647. The lowest BCUT2D eigenvalue weighted by Crippen LogP contribution is -2.40. The standard InChI is InChI=1S/C34H52N2O4/c37-26-17-13-9-5-1-3-7-11-15-24-35-31-23-22-30-32-28(31)20-19-21-29(32)33(39)36(34(30)40)25-16-12-8-4-2-6-10-14-18-27-38/h19-23,35,37-38H,1-18,24-27H2. The van der Waals surface area contributed by atoms with Gasteiger partial charge in [0.1, 0.15) is 0 Å². The Hall–Kier alpha value is -2.44. The number of carbonyl (C=O) groups is 2. The highest BCUT2D eigenvalue weighted by atomic mass is 16.3. The Bertz CT molecular complexity index is 1020. The molecule has 0 aliphatic carbocycles. The van der Waals surface area contributed by atoms with Crippen LogP contribution in [-0.2, 0) is 0 Å². The van der Waals surface area contributed by atoms with E-state index < -0.39 is 0 Å². The molecule has 0 spiro atoms. The van der Waals surface area contributed by atoms with Crippen molar-refractivity contribution < 1.29 is 19.8 Å². The fourth-order valence-electron chi connectivity index (χ4n) is 5.82. The first-order chi connectivity index (χ1) is 19.7. The number of unbranched alkanes of at least 4 members (excludes halogenated alkanes) is 16. The van der Waals surface area contributed by atoms with Crippen LogP contribution in [0, 0.1) is 0 Å². The van der Waals surface area contributed by atoms with Crippen molar-refractivity contribution in [3.8, 4) is 0 Å². The van der Waals surface area contributed by atoms with Crippen molar-refractivity contribution in [3.05, 3.63) is 41.5 Å². The average molecular weight is 553 g/mol. The van der Waals surface area contributed by atoms with Crippen molar-refractivity contribution >= 4 is 28.3 Å². The largest absolute Gasteiger partial charge is 0.396 e. The maximum Gasteiger partial charge on any atom is 0.261 e. The normalized spacial score (nSPS) is 13.0. The minimum Gasteiger partial charge on any atom is -0.396 e. The highest BCUT2D eigenvalue weighted by Gasteiger charge is 2.32. The SMILES string of the molecule is O=C1c2cccc3c(NCCCCCCCCCCCO)ccc(c23)C(=O)N1CCCCCCCCCCCO. The number of hydrogen-bond acceptors (Lipinski definition) is 5. The molecule has 0 atom stereocenters. The highest BCUT2D eigenvalue weighted by Crippen LogP contribution is 2.34. The second-order valence-corrected chi connectivity index (χ2v) is 11.4. The topological polar surface area (TPSA) is 89.9 Å². The van der Waals surface area contributed by atoms with Crippen molar-refractivity contribution in [2.45, 2.75) is 116 Å². The zero-order valence-corrected chi connectivity index (χ0v) is 24.6. The molecule has 40 heavy (non-hydrogen) atoms. The van der Waals surface area contributed by atoms with E-state index in [0.29, 0.717) is 30.9 Å². The van der Waals surface area contributed by atoms with Gasteiger partial charge in [0.2, 0.25) is 0 Å². The van der Waals surface area contributed by atoms with Gasteiger partial charge in [0.25, 0.3) is 11.8 Å². The van der Waals surface area contributed by atoms with Crippen molar-refractivity contribution in [1.29, 1.82) is 0 Å². The minimum absolute atomic E-state index is 0.166. The Balaban J connectivity index is 1.42. The molecule has 0 fully saturated rings. The van der Waals surface area contributed by atoms with Crippen LogP contribution >= 0.6 is 0 Å². The van der Waals surface area contributed by atoms with Crippen molar-refractivity contribution in [2.24, 2.45) is 0 Å². The maximum atomic E-state index is 13.3. The number of hydrogen-bond donors (Lipinski definition) is 3. The number of aliphatic hydroxyl groups is 2. The Kier molecular flexibility index (Phi) is 15.1. The van der Waals surface area contributed by atoms with Gasteiger partial charge in [-0.3, -0.25) is 14.5 Å². The summed E-state index contributed by atoms with van der Waals surface area (Å²) < 4.78 is 0. The number of amides is 2. The van der Waals surface area contributed by atoms with Crippen LogP contribution in [0.5, 0.6) is 0 Å². The third-order valence-corrected chi connectivity index (χ3v) is 8.18. The van der Waals surface area contributed by atoms with Crippen LogP contribution in [0.15, 0.2) is 30.3 Å². The van der Waals surface area contributed by atoms with E-state index in [9.17, 15) is 9.59 Å². The van der Waals surface area contributed by atoms with E-state index in [4.69, 9.17) is 10.2 Å². The predicted octanol–water partition coefficient (Wildman–Crippen LogP) is 7.85. The van der Waals surface area contributed by atoms with E-state index in [-0.39, 0.29) is 11.8 Å². The molecule has 1 aliphatic rings. The molecule has 222 valence electrons. The molecule has 3 N–H and O–H groups in total. The number of anilines is 1. The van der Waals surface area contributed by atoms with Crippen molar-refractivity contribution in [2.75, 3.05) is 31.6 Å². The van der Waals surface area contributed by atoms with Gasteiger partial charge in [0, 0.05) is 53.9 Å². The first-order valence-corrected chi connectivity index (χ1v) is 16.1. The molecule has 2 aromatic rings. The Morgan fingerprint density at radius 1 is 0.550 bits per heavy atom. The zero-order chi connectivity index (χ0) is 28.4. The molecular formula is C34H52N2O4. The summed E-state index contributed by atoms with van der Waals surface area (Å²) in [7, 11) is 0. The molecule has 0 bridgehead atoms. The first kappa shape index (κ1) is 32.1. The van der Waals surface area contributed by atoms with Crippen LogP contribution in [0.2, 0.25) is 0 Å². The molecule has 0 saturated carbocycles. The summed E-state index contributed by atoms with van der Waals surface area (Å²) in [6.45, 7) is 1.96. The first-order valence-electron chi connectivity index (χ1n) is 16.1. The lowest BCUT2D eigenvalue weighted by Gasteiger charge is -2.28. The van der Waals surface area contributed by atoms with E-state index in [0.717, 1.165) is 74.4 Å². The zero-order valence-electron chi connectivity index (χ0n) is 24.6. The lowest BCUT2D eigenvalue weighted by molar-refractivity contribution is 0.0607. The molecule has 1 aliphatic heterocycles. The van der Waals surface area contributed by atoms with Gasteiger partial charge in [0.15, 0.2) is 0 Å². The molecular weight excluding hydrogens is 500 g/mol. The Morgan fingerprint density at radius 2 is 1.02 bits per heavy atom. The summed E-state index contributed by atoms with van der Waals surface area (Å²) >= 11 is 0. The fourth-order valence-corrected chi connectivity index (χ4v) is 5.82. The molecule has 0 saturated heterocycles. The molecule has 0 radical (unpaired) electrons. The maximum absolute atomic E-state index is 13.3. The molecule has 6 heteroatoms. The number of carbonyl (C=O) groups excluding carboxylic acids is 2. The van der Waals surface area contributed by atoms with Gasteiger partial charge in [-0.05, 0) is 43.9 Å². The quantitative estimate of drug-likeness (QED) is 0.0964. The number of benzene rings is 2. The van der Waals surface area contributed by atoms with Gasteiger partial charge >= 0.3 is 0 Å². The Labute approximate surface area is 241 Å². The summed E-state index contributed by atoms with van der Waals surface area (Å²) in [5.41, 5.74) is 2.27. The molecule has 3 rings (SSSR count). The van der Waals surface area contributed by atoms with E-state index in [1.165, 1.54) is 69.1 Å². The molecule has 6 nitrogen and oxygen atoms in total. The lowest BCUT2D eigenvalue weighted by atomic mass is 9.92. The van der Waals surface area contributed by atoms with Gasteiger partial charge in [-0.2, -0.15) is 0 Å². The number of nitrogens with one attached hydrogen (secondary N) is 1. The second kappa shape index (κ2) is 18.8. The number of rotatable bonds is 23. The van der Waals surface area contributed by atoms with Gasteiger partial charge < -0.3 is 15.5 Å². The van der Waals surface area contributed by atoms with Crippen molar-refractivity contribution in [3.63, 3.8) is 0 Å². The van der Waals surface area contributed by atoms with Crippen LogP contribution in [0.25, 0.3) is 10.8 Å². The van der Waals surface area contributed by atoms with Crippen LogP contribution in [-0.4, -0.2) is 53.2 Å². The molecule has 1 heterocycles. The van der Waals surface area contributed by atoms with Gasteiger partial charge in [0.05, 0.1) is 0 Å². The van der Waals surface area contributed by atoms with Crippen LogP contribution in [0.1, 0.15) is 136 Å². The summed E-state index contributed by atoms with van der Waals surface area (Å²) in [6.07, 6.45) is 20.5. The van der Waals surface area contributed by atoms with E-state index >= 15 is 0 Å². The monoisotopic (exact) mass is 552 g/mol. The molecule has 2 amide bonds. The molecule has 0 aromatic heterocycles. The molecule has 2 aromatic carbocycles. The summed E-state index contributed by atoms with van der Waals surface area (Å²) in [5, 5.41) is 23.0.